The first-order valence-electron chi connectivity index (χ1n) is 8.76. The van der Waals surface area contributed by atoms with Crippen LogP contribution in [0, 0.1) is 24.5 Å². The average Bonchev–Trinajstić information content (AvgIpc) is 2.62. The van der Waals surface area contributed by atoms with Gasteiger partial charge in [0.25, 0.3) is 5.91 Å². The van der Waals surface area contributed by atoms with E-state index in [9.17, 15) is 13.6 Å². The van der Waals surface area contributed by atoms with Crippen LogP contribution < -0.4 is 5.73 Å². The number of anilines is 1. The minimum absolute atomic E-state index is 0.0833. The van der Waals surface area contributed by atoms with E-state index in [1.54, 1.807) is 13.0 Å². The third kappa shape index (κ3) is 4.15. The lowest BCUT2D eigenvalue weighted by Gasteiger charge is -2.33. The van der Waals surface area contributed by atoms with Gasteiger partial charge in [-0.25, -0.2) is 18.7 Å². The molecule has 0 unspecified atom stereocenters. The summed E-state index contributed by atoms with van der Waals surface area (Å²) >= 11 is 0. The molecule has 3 rings (SSSR count). The highest BCUT2D eigenvalue weighted by molar-refractivity contribution is 5.95. The van der Waals surface area contributed by atoms with Crippen molar-refractivity contribution in [2.24, 2.45) is 5.92 Å². The van der Waals surface area contributed by atoms with Crippen molar-refractivity contribution in [3.8, 4) is 0 Å². The maximum Gasteiger partial charge on any atom is 0.257 e. The fraction of sp³-hybridized carbons (Fsp3) is 0.421. The SMILES string of the molecule is Cc1nc(N)ncc1C(=O)N1CCC[C@@H](CCc2ccc(F)c(F)c2)C1. The standard InChI is InChI=1S/C19H22F2N4O/c1-12-15(10-23-19(22)24-12)18(26)25-8-2-3-14(11-25)5-4-13-6-7-16(20)17(21)9-13/h6-7,9-10,14H,2-5,8,11H2,1H3,(H2,22,23,24)/t14-/m0/s1. The molecule has 5 nitrogen and oxygen atoms in total. The normalized spacial score (nSPS) is 17.3. The average molecular weight is 360 g/mol. The molecule has 7 heteroatoms. The number of benzene rings is 1. The molecule has 0 saturated carbocycles. The van der Waals surface area contributed by atoms with Crippen LogP contribution in [-0.4, -0.2) is 33.9 Å². The molecule has 1 aliphatic heterocycles. The first-order chi connectivity index (χ1) is 12.4. The van der Waals surface area contributed by atoms with Crippen LogP contribution in [0.4, 0.5) is 14.7 Å². The summed E-state index contributed by atoms with van der Waals surface area (Å²) in [4.78, 5) is 22.5. The monoisotopic (exact) mass is 360 g/mol. The third-order valence-corrected chi connectivity index (χ3v) is 4.86. The molecule has 0 spiro atoms. The molecule has 1 atom stereocenters. The highest BCUT2D eigenvalue weighted by Crippen LogP contribution is 2.24. The van der Waals surface area contributed by atoms with Crippen LogP contribution in [0.25, 0.3) is 0 Å². The van der Waals surface area contributed by atoms with Gasteiger partial charge in [-0.1, -0.05) is 6.07 Å². The molecule has 1 amide bonds. The summed E-state index contributed by atoms with van der Waals surface area (Å²) < 4.78 is 26.3. The largest absolute Gasteiger partial charge is 0.368 e. The van der Waals surface area contributed by atoms with Crippen molar-refractivity contribution >= 4 is 11.9 Å². The second-order valence-electron chi connectivity index (χ2n) is 6.77. The highest BCUT2D eigenvalue weighted by Gasteiger charge is 2.26. The highest BCUT2D eigenvalue weighted by atomic mass is 19.2. The summed E-state index contributed by atoms with van der Waals surface area (Å²) in [6.45, 7) is 3.09. The number of hydrogen-bond acceptors (Lipinski definition) is 4. The zero-order valence-corrected chi connectivity index (χ0v) is 14.7. The number of aryl methyl sites for hydroxylation is 2. The maximum absolute atomic E-state index is 13.3. The van der Waals surface area contributed by atoms with Crippen LogP contribution in [0.1, 0.15) is 40.9 Å². The summed E-state index contributed by atoms with van der Waals surface area (Å²) in [5, 5.41) is 0. The van der Waals surface area contributed by atoms with Crippen LogP contribution in [0.3, 0.4) is 0 Å². The molecule has 0 aliphatic carbocycles. The number of halogens is 2. The molecule has 1 aromatic heterocycles. The molecule has 0 bridgehead atoms. The van der Waals surface area contributed by atoms with E-state index in [0.29, 0.717) is 36.7 Å². The molecule has 1 aromatic carbocycles. The van der Waals surface area contributed by atoms with Gasteiger partial charge >= 0.3 is 0 Å². The van der Waals surface area contributed by atoms with E-state index in [-0.39, 0.29) is 11.9 Å². The second kappa shape index (κ2) is 7.76. The van der Waals surface area contributed by atoms with Crippen LogP contribution in [0.15, 0.2) is 24.4 Å². The Labute approximate surface area is 151 Å². The van der Waals surface area contributed by atoms with Gasteiger partial charge < -0.3 is 10.6 Å². The molecular weight excluding hydrogens is 338 g/mol. The van der Waals surface area contributed by atoms with Gasteiger partial charge in [0.05, 0.1) is 11.3 Å². The lowest BCUT2D eigenvalue weighted by atomic mass is 9.91. The molecule has 26 heavy (non-hydrogen) atoms. The van der Waals surface area contributed by atoms with Gasteiger partial charge in [-0.2, -0.15) is 0 Å². The number of carbonyl (C=O) groups excluding carboxylic acids is 1. The van der Waals surface area contributed by atoms with Crippen LogP contribution in [0.5, 0.6) is 0 Å². The zero-order chi connectivity index (χ0) is 18.7. The fourth-order valence-corrected chi connectivity index (χ4v) is 3.42. The molecule has 0 radical (unpaired) electrons. The van der Waals surface area contributed by atoms with Gasteiger partial charge in [-0.3, -0.25) is 4.79 Å². The van der Waals surface area contributed by atoms with Gasteiger partial charge in [0, 0.05) is 19.3 Å². The number of rotatable bonds is 4. The van der Waals surface area contributed by atoms with Gasteiger partial charge in [-0.15, -0.1) is 0 Å². The summed E-state index contributed by atoms with van der Waals surface area (Å²) in [6, 6.07) is 4.01. The van der Waals surface area contributed by atoms with Crippen LogP contribution in [-0.2, 0) is 6.42 Å². The quantitative estimate of drug-likeness (QED) is 0.909. The number of nitrogen functional groups attached to an aromatic ring is 1. The van der Waals surface area contributed by atoms with E-state index in [1.165, 1.54) is 12.3 Å². The number of amides is 1. The maximum atomic E-state index is 13.3. The minimum Gasteiger partial charge on any atom is -0.368 e. The number of likely N-dealkylation sites (tertiary alicyclic amines) is 1. The van der Waals surface area contributed by atoms with Crippen molar-refractivity contribution in [2.75, 3.05) is 18.8 Å². The van der Waals surface area contributed by atoms with E-state index >= 15 is 0 Å². The predicted octanol–water partition coefficient (Wildman–Crippen LogP) is 3.13. The summed E-state index contributed by atoms with van der Waals surface area (Å²) in [7, 11) is 0. The molecule has 2 N–H and O–H groups in total. The van der Waals surface area contributed by atoms with Crippen molar-refractivity contribution in [3.63, 3.8) is 0 Å². The third-order valence-electron chi connectivity index (χ3n) is 4.86. The topological polar surface area (TPSA) is 72.1 Å². The zero-order valence-electron chi connectivity index (χ0n) is 14.7. The Morgan fingerprint density at radius 2 is 2.15 bits per heavy atom. The first-order valence-corrected chi connectivity index (χ1v) is 8.76. The van der Waals surface area contributed by atoms with Gasteiger partial charge in [0.2, 0.25) is 5.95 Å². The first kappa shape index (κ1) is 18.2. The Hall–Kier alpha value is -2.57. The van der Waals surface area contributed by atoms with E-state index in [1.807, 2.05) is 4.90 Å². The van der Waals surface area contributed by atoms with E-state index in [0.717, 1.165) is 30.9 Å². The van der Waals surface area contributed by atoms with Gasteiger partial charge in [0.15, 0.2) is 11.6 Å². The summed E-state index contributed by atoms with van der Waals surface area (Å²) in [5.74, 6) is -1.25. The van der Waals surface area contributed by atoms with Crippen LogP contribution in [0.2, 0.25) is 0 Å². The Morgan fingerprint density at radius 3 is 2.88 bits per heavy atom. The number of carbonyl (C=O) groups is 1. The summed E-state index contributed by atoms with van der Waals surface area (Å²) in [6.07, 6.45) is 4.90. The van der Waals surface area contributed by atoms with E-state index in [4.69, 9.17) is 5.73 Å². The van der Waals surface area contributed by atoms with E-state index in [2.05, 4.69) is 9.97 Å². The number of piperidine rings is 1. The second-order valence-corrected chi connectivity index (χ2v) is 6.77. The molecule has 138 valence electrons. The number of aromatic nitrogens is 2. The van der Waals surface area contributed by atoms with Crippen LogP contribution >= 0.6 is 0 Å². The summed E-state index contributed by atoms with van der Waals surface area (Å²) in [5.41, 5.74) is 7.37. The molecule has 2 heterocycles. The number of nitrogens with two attached hydrogens (primary N) is 1. The molecule has 1 fully saturated rings. The Morgan fingerprint density at radius 1 is 1.35 bits per heavy atom. The van der Waals surface area contributed by atoms with E-state index < -0.39 is 11.6 Å². The molecule has 2 aromatic rings. The van der Waals surface area contributed by atoms with Gasteiger partial charge in [0.1, 0.15) is 0 Å². The lowest BCUT2D eigenvalue weighted by molar-refractivity contribution is 0.0666. The molecule has 1 aliphatic rings. The molecular formula is C19H22F2N4O. The Bertz CT molecular complexity index is 812. The van der Waals surface area contributed by atoms with Crippen molar-refractivity contribution in [1.29, 1.82) is 0 Å². The fourth-order valence-electron chi connectivity index (χ4n) is 3.42. The number of nitrogens with zero attached hydrogens (tertiary/aromatic N) is 3. The smallest absolute Gasteiger partial charge is 0.257 e. The van der Waals surface area contributed by atoms with Gasteiger partial charge in [-0.05, 0) is 56.2 Å². The predicted molar refractivity (Wildman–Crippen MR) is 94.5 cm³/mol. The van der Waals surface area contributed by atoms with Crippen molar-refractivity contribution in [2.45, 2.75) is 32.6 Å². The van der Waals surface area contributed by atoms with Crippen molar-refractivity contribution < 1.29 is 13.6 Å². The molecule has 1 saturated heterocycles. The van der Waals surface area contributed by atoms with Crippen molar-refractivity contribution in [3.05, 3.63) is 52.9 Å². The lowest BCUT2D eigenvalue weighted by Crippen LogP contribution is -2.40. The Balaban J connectivity index is 1.61. The van der Waals surface area contributed by atoms with Crippen molar-refractivity contribution in [1.82, 2.24) is 14.9 Å². The number of hydrogen-bond donors (Lipinski definition) is 1. The Kier molecular flexibility index (Phi) is 5.44. The minimum atomic E-state index is -0.829.